The van der Waals surface area contributed by atoms with Gasteiger partial charge >= 0.3 is 0 Å². The summed E-state index contributed by atoms with van der Waals surface area (Å²) in [5, 5.41) is 20.7. The van der Waals surface area contributed by atoms with E-state index in [4.69, 9.17) is 4.42 Å². The lowest BCUT2D eigenvalue weighted by Crippen LogP contribution is -2.03. The Morgan fingerprint density at radius 3 is 2.06 bits per heavy atom. The molecular weight excluding hydrogens is 412 g/mol. The van der Waals surface area contributed by atoms with Gasteiger partial charge in [-0.15, -0.1) is 0 Å². The van der Waals surface area contributed by atoms with Crippen molar-refractivity contribution >= 4 is 11.0 Å². The fraction of sp³-hybridized carbons (Fsp3) is 0.483. The van der Waals surface area contributed by atoms with Crippen LogP contribution in [0.1, 0.15) is 88.7 Å². The number of benzene rings is 2. The van der Waals surface area contributed by atoms with Crippen molar-refractivity contribution in [1.82, 2.24) is 0 Å². The molecule has 1 heterocycles. The molecule has 1 aromatic heterocycles. The van der Waals surface area contributed by atoms with E-state index in [-0.39, 0.29) is 17.3 Å². The van der Waals surface area contributed by atoms with Gasteiger partial charge < -0.3 is 14.6 Å². The Balaban J connectivity index is 1.53. The van der Waals surface area contributed by atoms with Crippen molar-refractivity contribution in [2.75, 3.05) is 0 Å². The van der Waals surface area contributed by atoms with Crippen LogP contribution in [-0.4, -0.2) is 10.2 Å². The maximum Gasteiger partial charge on any atom is 0.235 e. The minimum absolute atomic E-state index is 0.133. The van der Waals surface area contributed by atoms with Crippen molar-refractivity contribution in [3.63, 3.8) is 0 Å². The van der Waals surface area contributed by atoms with Gasteiger partial charge in [0.15, 0.2) is 5.76 Å². The van der Waals surface area contributed by atoms with Crippen LogP contribution in [0.4, 0.5) is 0 Å². The van der Waals surface area contributed by atoms with E-state index in [9.17, 15) is 15.0 Å². The number of fused-ring (bicyclic) bond motifs is 1. The van der Waals surface area contributed by atoms with Crippen LogP contribution in [0.25, 0.3) is 22.3 Å². The smallest absolute Gasteiger partial charge is 0.235 e. The minimum atomic E-state index is -0.419. The number of rotatable bonds is 13. The summed E-state index contributed by atoms with van der Waals surface area (Å²) in [7, 11) is 0. The Hall–Kier alpha value is -2.75. The summed E-state index contributed by atoms with van der Waals surface area (Å²) >= 11 is 0. The maximum atomic E-state index is 12.8. The molecule has 178 valence electrons. The van der Waals surface area contributed by atoms with Crippen molar-refractivity contribution < 1.29 is 14.6 Å². The number of phenolic OH excluding ortho intramolecular Hbond substituents is 1. The highest BCUT2D eigenvalue weighted by molar-refractivity contribution is 5.82. The fourth-order valence-electron chi connectivity index (χ4n) is 4.37. The van der Waals surface area contributed by atoms with E-state index in [0.29, 0.717) is 22.1 Å². The van der Waals surface area contributed by atoms with Crippen molar-refractivity contribution in [3.05, 3.63) is 57.7 Å². The molecule has 0 radical (unpaired) electrons. The van der Waals surface area contributed by atoms with Crippen LogP contribution in [0.15, 0.2) is 45.6 Å². The standard InChI is InChI=1S/C29H38O4/c1-3-4-5-6-7-8-9-10-11-12-13-14-22-15-18-26-24(20-22)27(31)28(32)29(33-26)23-16-17-25(30)21(2)19-23/h15-20,30,32H,3-14H2,1-2H3. The second-order valence-electron chi connectivity index (χ2n) is 9.23. The van der Waals surface area contributed by atoms with Gasteiger partial charge in [-0.25, -0.2) is 0 Å². The van der Waals surface area contributed by atoms with Gasteiger partial charge in [0.25, 0.3) is 0 Å². The van der Waals surface area contributed by atoms with Crippen molar-refractivity contribution in [2.24, 2.45) is 0 Å². The normalized spacial score (nSPS) is 11.3. The summed E-state index contributed by atoms with van der Waals surface area (Å²) in [6.45, 7) is 4.02. The molecule has 0 spiro atoms. The molecule has 3 aromatic rings. The van der Waals surface area contributed by atoms with Gasteiger partial charge in [-0.2, -0.15) is 0 Å². The molecule has 0 bridgehead atoms. The summed E-state index contributed by atoms with van der Waals surface area (Å²) in [6, 6.07) is 10.5. The monoisotopic (exact) mass is 450 g/mol. The predicted molar refractivity (Wildman–Crippen MR) is 136 cm³/mol. The van der Waals surface area contributed by atoms with Crippen molar-refractivity contribution in [2.45, 2.75) is 90.9 Å². The van der Waals surface area contributed by atoms with Gasteiger partial charge in [-0.1, -0.05) is 77.2 Å². The number of hydrogen-bond acceptors (Lipinski definition) is 4. The van der Waals surface area contributed by atoms with E-state index in [0.717, 1.165) is 18.4 Å². The van der Waals surface area contributed by atoms with E-state index in [1.165, 1.54) is 70.3 Å². The summed E-state index contributed by atoms with van der Waals surface area (Å²) < 4.78 is 5.89. The van der Waals surface area contributed by atoms with Crippen LogP contribution in [0, 0.1) is 6.92 Å². The van der Waals surface area contributed by atoms with Gasteiger partial charge in [0.2, 0.25) is 11.2 Å². The third-order valence-electron chi connectivity index (χ3n) is 6.46. The molecule has 3 rings (SSSR count). The lowest BCUT2D eigenvalue weighted by Gasteiger charge is -2.09. The van der Waals surface area contributed by atoms with Gasteiger partial charge in [0, 0.05) is 5.56 Å². The molecule has 33 heavy (non-hydrogen) atoms. The number of hydrogen-bond donors (Lipinski definition) is 2. The molecule has 2 N–H and O–H groups in total. The molecule has 0 unspecified atom stereocenters. The quantitative estimate of drug-likeness (QED) is 0.259. The highest BCUT2D eigenvalue weighted by atomic mass is 16.4. The van der Waals surface area contributed by atoms with Crippen LogP contribution in [0.5, 0.6) is 11.5 Å². The maximum absolute atomic E-state index is 12.8. The molecular formula is C29H38O4. The molecule has 2 aromatic carbocycles. The zero-order valence-corrected chi connectivity index (χ0v) is 20.2. The average Bonchev–Trinajstić information content (AvgIpc) is 2.82. The summed E-state index contributed by atoms with van der Waals surface area (Å²) in [5.74, 6) is -0.0958. The third kappa shape index (κ3) is 6.86. The second-order valence-corrected chi connectivity index (χ2v) is 9.23. The Bertz CT molecular complexity index is 1100. The average molecular weight is 451 g/mol. The number of aryl methyl sites for hydroxylation is 2. The first-order chi connectivity index (χ1) is 16.0. The lowest BCUT2D eigenvalue weighted by atomic mass is 10.0. The van der Waals surface area contributed by atoms with Gasteiger partial charge in [0.1, 0.15) is 11.3 Å². The first-order valence-electron chi connectivity index (χ1n) is 12.6. The van der Waals surface area contributed by atoms with Crippen LogP contribution < -0.4 is 5.43 Å². The summed E-state index contributed by atoms with van der Waals surface area (Å²) in [6.07, 6.45) is 15.3. The molecule has 0 fully saturated rings. The van der Waals surface area contributed by atoms with E-state index >= 15 is 0 Å². The van der Waals surface area contributed by atoms with E-state index < -0.39 is 5.43 Å². The molecule has 0 aliphatic heterocycles. The van der Waals surface area contributed by atoms with Gasteiger partial charge in [-0.05, 0) is 61.2 Å². The van der Waals surface area contributed by atoms with Crippen LogP contribution in [-0.2, 0) is 6.42 Å². The fourth-order valence-corrected chi connectivity index (χ4v) is 4.37. The number of phenols is 1. The number of unbranched alkanes of at least 4 members (excludes halogenated alkanes) is 10. The lowest BCUT2D eigenvalue weighted by molar-refractivity contribution is 0.448. The largest absolute Gasteiger partial charge is 0.508 e. The molecule has 0 aliphatic rings. The molecule has 4 nitrogen and oxygen atoms in total. The molecule has 0 atom stereocenters. The molecule has 0 saturated heterocycles. The molecule has 0 saturated carbocycles. The summed E-state index contributed by atoms with van der Waals surface area (Å²) in [4.78, 5) is 12.8. The molecule has 0 aliphatic carbocycles. The number of aromatic hydroxyl groups is 2. The first-order valence-corrected chi connectivity index (χ1v) is 12.6. The predicted octanol–water partition coefficient (Wildman–Crippen LogP) is 8.03. The Labute approximate surface area is 197 Å². The second kappa shape index (κ2) is 12.5. The zero-order valence-electron chi connectivity index (χ0n) is 20.2. The van der Waals surface area contributed by atoms with Crippen LogP contribution >= 0.6 is 0 Å². The van der Waals surface area contributed by atoms with Crippen molar-refractivity contribution in [3.8, 4) is 22.8 Å². The summed E-state index contributed by atoms with van der Waals surface area (Å²) in [5.41, 5.74) is 2.35. The van der Waals surface area contributed by atoms with E-state index in [1.807, 2.05) is 18.2 Å². The van der Waals surface area contributed by atoms with Gasteiger partial charge in [0.05, 0.1) is 5.39 Å². The molecule has 4 heteroatoms. The van der Waals surface area contributed by atoms with Gasteiger partial charge in [-0.3, -0.25) is 4.79 Å². The van der Waals surface area contributed by atoms with Crippen LogP contribution in [0.2, 0.25) is 0 Å². The minimum Gasteiger partial charge on any atom is -0.508 e. The molecule has 0 amide bonds. The van der Waals surface area contributed by atoms with E-state index in [1.54, 1.807) is 19.1 Å². The Kier molecular flexibility index (Phi) is 9.41. The van der Waals surface area contributed by atoms with E-state index in [2.05, 4.69) is 6.92 Å². The SMILES string of the molecule is CCCCCCCCCCCCCc1ccc2oc(-c3ccc(O)c(C)c3)c(O)c(=O)c2c1. The third-order valence-corrected chi connectivity index (χ3v) is 6.46. The Morgan fingerprint density at radius 2 is 1.42 bits per heavy atom. The zero-order chi connectivity index (χ0) is 23.6. The Morgan fingerprint density at radius 1 is 0.788 bits per heavy atom. The van der Waals surface area contributed by atoms with Crippen LogP contribution in [0.3, 0.4) is 0 Å². The topological polar surface area (TPSA) is 70.7 Å². The highest BCUT2D eigenvalue weighted by Gasteiger charge is 2.16. The van der Waals surface area contributed by atoms with Crippen molar-refractivity contribution in [1.29, 1.82) is 0 Å². The first kappa shape index (κ1) is 24.9. The highest BCUT2D eigenvalue weighted by Crippen LogP contribution is 2.32.